The summed E-state index contributed by atoms with van der Waals surface area (Å²) in [4.78, 5) is 14.6. The number of piperidine rings is 1. The fourth-order valence-corrected chi connectivity index (χ4v) is 3.44. The van der Waals surface area contributed by atoms with Crippen LogP contribution >= 0.6 is 0 Å². The molecule has 0 aromatic carbocycles. The van der Waals surface area contributed by atoms with Crippen molar-refractivity contribution in [1.29, 1.82) is 0 Å². The average molecular weight is 266 g/mol. The Morgan fingerprint density at radius 3 is 2.21 bits per heavy atom. The lowest BCUT2D eigenvalue weighted by Gasteiger charge is -2.36. The van der Waals surface area contributed by atoms with Crippen LogP contribution in [0.2, 0.25) is 0 Å². The van der Waals surface area contributed by atoms with E-state index in [0.717, 1.165) is 18.9 Å². The van der Waals surface area contributed by atoms with Crippen LogP contribution in [0, 0.1) is 5.41 Å². The Hall–Kier alpha value is -0.570. The number of nitrogens with zero attached hydrogens (tertiary/aromatic N) is 1. The molecular formula is C16H30N2O. The predicted molar refractivity (Wildman–Crippen MR) is 79.1 cm³/mol. The molecule has 1 N–H and O–H groups in total. The van der Waals surface area contributed by atoms with Gasteiger partial charge in [-0.3, -0.25) is 4.79 Å². The van der Waals surface area contributed by atoms with Crippen molar-refractivity contribution in [3.63, 3.8) is 0 Å². The van der Waals surface area contributed by atoms with Gasteiger partial charge in [-0.25, -0.2) is 0 Å². The molecule has 0 unspecified atom stereocenters. The summed E-state index contributed by atoms with van der Waals surface area (Å²) >= 11 is 0. The van der Waals surface area contributed by atoms with Gasteiger partial charge in [0.05, 0.1) is 0 Å². The summed E-state index contributed by atoms with van der Waals surface area (Å²) in [5.41, 5.74) is 0.0919. The minimum absolute atomic E-state index is 0.0919. The molecule has 110 valence electrons. The Bertz CT molecular complexity index is 294. The van der Waals surface area contributed by atoms with E-state index in [-0.39, 0.29) is 11.3 Å². The number of amides is 1. The van der Waals surface area contributed by atoms with E-state index in [1.165, 1.54) is 38.8 Å². The zero-order chi connectivity index (χ0) is 13.9. The predicted octanol–water partition coefficient (Wildman–Crippen LogP) is 2.95. The second-order valence-electron chi connectivity index (χ2n) is 7.55. The van der Waals surface area contributed by atoms with E-state index in [0.29, 0.717) is 12.5 Å². The molecule has 2 aliphatic rings. The Balaban J connectivity index is 1.69. The first-order valence-corrected chi connectivity index (χ1v) is 7.97. The Labute approximate surface area is 118 Å². The van der Waals surface area contributed by atoms with Gasteiger partial charge < -0.3 is 10.2 Å². The summed E-state index contributed by atoms with van der Waals surface area (Å²) in [6.45, 7) is 8.70. The fourth-order valence-electron chi connectivity index (χ4n) is 3.44. The summed E-state index contributed by atoms with van der Waals surface area (Å²) in [5.74, 6) is 0.229. The third-order valence-corrected chi connectivity index (χ3v) is 4.43. The molecule has 1 heterocycles. The normalized spacial score (nSPS) is 23.7. The third-order valence-electron chi connectivity index (χ3n) is 4.43. The molecule has 2 rings (SSSR count). The van der Waals surface area contributed by atoms with Gasteiger partial charge in [-0.2, -0.15) is 0 Å². The van der Waals surface area contributed by atoms with Crippen LogP contribution in [0.1, 0.15) is 65.7 Å². The summed E-state index contributed by atoms with van der Waals surface area (Å²) in [5, 5.41) is 3.22. The molecular weight excluding hydrogens is 236 g/mol. The molecule has 0 bridgehead atoms. The highest BCUT2D eigenvalue weighted by molar-refractivity contribution is 5.76. The van der Waals surface area contributed by atoms with Gasteiger partial charge in [0.2, 0.25) is 5.91 Å². The third kappa shape index (κ3) is 4.79. The molecule has 3 nitrogen and oxygen atoms in total. The molecule has 0 aromatic rings. The van der Waals surface area contributed by atoms with Crippen LogP contribution in [-0.2, 0) is 4.79 Å². The van der Waals surface area contributed by atoms with Crippen molar-refractivity contribution in [3.8, 4) is 0 Å². The van der Waals surface area contributed by atoms with Crippen LogP contribution < -0.4 is 5.32 Å². The van der Waals surface area contributed by atoms with E-state index >= 15 is 0 Å². The second-order valence-corrected chi connectivity index (χ2v) is 7.55. The van der Waals surface area contributed by atoms with Crippen LogP contribution in [-0.4, -0.2) is 36.0 Å². The molecule has 1 amide bonds. The van der Waals surface area contributed by atoms with E-state index in [2.05, 4.69) is 31.0 Å². The van der Waals surface area contributed by atoms with Crippen molar-refractivity contribution in [3.05, 3.63) is 0 Å². The van der Waals surface area contributed by atoms with Crippen molar-refractivity contribution >= 4 is 5.91 Å². The van der Waals surface area contributed by atoms with E-state index in [9.17, 15) is 4.79 Å². The number of carbonyl (C=O) groups excluding carboxylic acids is 1. The SMILES string of the molecule is CC(C)(C)CC(=O)NC1CCN(C2CCCC2)CC1. The molecule has 0 aromatic heterocycles. The Morgan fingerprint density at radius 2 is 1.68 bits per heavy atom. The maximum atomic E-state index is 11.9. The van der Waals surface area contributed by atoms with E-state index < -0.39 is 0 Å². The average Bonchev–Trinajstić information content (AvgIpc) is 2.80. The van der Waals surface area contributed by atoms with Crippen molar-refractivity contribution < 1.29 is 4.79 Å². The lowest BCUT2D eigenvalue weighted by Crippen LogP contribution is -2.47. The maximum absolute atomic E-state index is 11.9. The van der Waals surface area contributed by atoms with Gasteiger partial charge in [0.25, 0.3) is 0 Å². The molecule has 0 radical (unpaired) electrons. The molecule has 1 aliphatic heterocycles. The lowest BCUT2D eigenvalue weighted by molar-refractivity contribution is -0.123. The van der Waals surface area contributed by atoms with Crippen molar-refractivity contribution in [2.45, 2.75) is 77.8 Å². The summed E-state index contributed by atoms with van der Waals surface area (Å²) in [6, 6.07) is 1.25. The summed E-state index contributed by atoms with van der Waals surface area (Å²) < 4.78 is 0. The van der Waals surface area contributed by atoms with Crippen LogP contribution in [0.5, 0.6) is 0 Å². The molecule has 1 aliphatic carbocycles. The zero-order valence-corrected chi connectivity index (χ0v) is 12.9. The molecule has 1 saturated heterocycles. The number of likely N-dealkylation sites (tertiary alicyclic amines) is 1. The lowest BCUT2D eigenvalue weighted by atomic mass is 9.91. The molecule has 0 atom stereocenters. The van der Waals surface area contributed by atoms with Gasteiger partial charge in [-0.1, -0.05) is 33.6 Å². The van der Waals surface area contributed by atoms with Gasteiger partial charge in [-0.15, -0.1) is 0 Å². The van der Waals surface area contributed by atoms with Crippen LogP contribution in [0.3, 0.4) is 0 Å². The van der Waals surface area contributed by atoms with E-state index in [1.54, 1.807) is 0 Å². The number of rotatable bonds is 3. The standard InChI is InChI=1S/C16H30N2O/c1-16(2,3)12-15(19)17-13-8-10-18(11-9-13)14-6-4-5-7-14/h13-14H,4-12H2,1-3H3,(H,17,19). The van der Waals surface area contributed by atoms with Gasteiger partial charge >= 0.3 is 0 Å². The molecule has 19 heavy (non-hydrogen) atoms. The number of hydrogen-bond donors (Lipinski definition) is 1. The van der Waals surface area contributed by atoms with E-state index in [4.69, 9.17) is 0 Å². The van der Waals surface area contributed by atoms with Crippen LogP contribution in [0.25, 0.3) is 0 Å². The molecule has 2 fully saturated rings. The number of nitrogens with one attached hydrogen (secondary N) is 1. The highest BCUT2D eigenvalue weighted by atomic mass is 16.1. The minimum atomic E-state index is 0.0919. The first kappa shape index (κ1) is 14.8. The van der Waals surface area contributed by atoms with E-state index in [1.807, 2.05) is 0 Å². The zero-order valence-electron chi connectivity index (χ0n) is 12.9. The van der Waals surface area contributed by atoms with Gasteiger partial charge in [0, 0.05) is 31.6 Å². The molecule has 3 heteroatoms. The first-order valence-electron chi connectivity index (χ1n) is 7.97. The van der Waals surface area contributed by atoms with Crippen molar-refractivity contribution in [1.82, 2.24) is 10.2 Å². The smallest absolute Gasteiger partial charge is 0.220 e. The highest BCUT2D eigenvalue weighted by Gasteiger charge is 2.28. The highest BCUT2D eigenvalue weighted by Crippen LogP contribution is 2.26. The summed E-state index contributed by atoms with van der Waals surface area (Å²) in [6.07, 6.45) is 8.50. The van der Waals surface area contributed by atoms with Gasteiger partial charge in [-0.05, 0) is 31.1 Å². The maximum Gasteiger partial charge on any atom is 0.220 e. The van der Waals surface area contributed by atoms with Gasteiger partial charge in [0.1, 0.15) is 0 Å². The Kier molecular flexibility index (Phi) is 4.88. The van der Waals surface area contributed by atoms with Crippen LogP contribution in [0.4, 0.5) is 0 Å². The van der Waals surface area contributed by atoms with Crippen molar-refractivity contribution in [2.75, 3.05) is 13.1 Å². The monoisotopic (exact) mass is 266 g/mol. The topological polar surface area (TPSA) is 32.3 Å². The Morgan fingerprint density at radius 1 is 1.11 bits per heavy atom. The molecule has 1 saturated carbocycles. The van der Waals surface area contributed by atoms with Gasteiger partial charge in [0.15, 0.2) is 0 Å². The minimum Gasteiger partial charge on any atom is -0.353 e. The molecule has 0 spiro atoms. The second kappa shape index (κ2) is 6.25. The number of carbonyl (C=O) groups is 1. The van der Waals surface area contributed by atoms with Crippen LogP contribution in [0.15, 0.2) is 0 Å². The largest absolute Gasteiger partial charge is 0.353 e. The first-order chi connectivity index (χ1) is 8.94. The quantitative estimate of drug-likeness (QED) is 0.852. The van der Waals surface area contributed by atoms with Crippen molar-refractivity contribution in [2.24, 2.45) is 5.41 Å². The summed E-state index contributed by atoms with van der Waals surface area (Å²) in [7, 11) is 0. The number of hydrogen-bond acceptors (Lipinski definition) is 2. The fraction of sp³-hybridized carbons (Fsp3) is 0.938.